The quantitative estimate of drug-likeness (QED) is 0.901. The van der Waals surface area contributed by atoms with E-state index in [4.69, 9.17) is 11.6 Å². The molecule has 0 saturated carbocycles. The van der Waals surface area contributed by atoms with E-state index >= 15 is 0 Å². The van der Waals surface area contributed by atoms with Gasteiger partial charge in [0.1, 0.15) is 0 Å². The largest absolute Gasteiger partial charge is 0.340 e. The first-order valence-corrected chi connectivity index (χ1v) is 7.87. The number of nitrogens with one attached hydrogen (secondary N) is 1. The molecule has 1 aliphatic heterocycles. The average molecular weight is 301 g/mol. The first kappa shape index (κ1) is 14.4. The third kappa shape index (κ3) is 2.78. The van der Waals surface area contributed by atoms with Crippen LogP contribution >= 0.6 is 11.6 Å². The lowest BCUT2D eigenvalue weighted by Crippen LogP contribution is -2.26. The van der Waals surface area contributed by atoms with Crippen molar-refractivity contribution in [1.29, 1.82) is 0 Å². The molecule has 0 atom stereocenters. The molecule has 1 N–H and O–H groups in total. The summed E-state index contributed by atoms with van der Waals surface area (Å²) in [6.07, 6.45) is 2.32. The average Bonchev–Trinajstić information content (AvgIpc) is 2.47. The van der Waals surface area contributed by atoms with Crippen molar-refractivity contribution in [1.82, 2.24) is 5.32 Å². The van der Waals surface area contributed by atoms with E-state index in [2.05, 4.69) is 41.4 Å². The zero-order valence-corrected chi connectivity index (χ0v) is 13.4. The molecule has 0 radical (unpaired) electrons. The SMILES string of the molecule is CNCc1cccc(Cl)c1N1CCCc2cc(C)ccc21. The standard InChI is InChI=1S/C18H21ClN2/c1-13-8-9-17-14(11-13)6-4-10-21(17)18-15(12-20-2)5-3-7-16(18)19/h3,5,7-9,11,20H,4,6,10,12H2,1-2H3. The van der Waals surface area contributed by atoms with Crippen LogP contribution in [0.5, 0.6) is 0 Å². The number of aryl methyl sites for hydroxylation is 2. The molecular formula is C18H21ClN2. The highest BCUT2D eigenvalue weighted by molar-refractivity contribution is 6.33. The molecule has 1 aliphatic rings. The van der Waals surface area contributed by atoms with Crippen LogP contribution in [0.2, 0.25) is 5.02 Å². The second-order valence-corrected chi connectivity index (χ2v) is 6.07. The number of fused-ring (bicyclic) bond motifs is 1. The molecule has 21 heavy (non-hydrogen) atoms. The van der Waals surface area contributed by atoms with Crippen LogP contribution in [-0.4, -0.2) is 13.6 Å². The lowest BCUT2D eigenvalue weighted by molar-refractivity contribution is 0.754. The van der Waals surface area contributed by atoms with Crippen molar-refractivity contribution in [3.8, 4) is 0 Å². The van der Waals surface area contributed by atoms with Crippen LogP contribution in [-0.2, 0) is 13.0 Å². The highest BCUT2D eigenvalue weighted by Gasteiger charge is 2.22. The van der Waals surface area contributed by atoms with Gasteiger partial charge in [-0.05, 0) is 50.1 Å². The Hall–Kier alpha value is -1.51. The van der Waals surface area contributed by atoms with Gasteiger partial charge in [0.2, 0.25) is 0 Å². The highest BCUT2D eigenvalue weighted by Crippen LogP contribution is 2.39. The van der Waals surface area contributed by atoms with Crippen LogP contribution in [0.4, 0.5) is 11.4 Å². The van der Waals surface area contributed by atoms with Gasteiger partial charge < -0.3 is 10.2 Å². The van der Waals surface area contributed by atoms with Gasteiger partial charge in [-0.15, -0.1) is 0 Å². The molecule has 110 valence electrons. The number of benzene rings is 2. The molecule has 2 nitrogen and oxygen atoms in total. The Kier molecular flexibility index (Phi) is 4.18. The first-order valence-electron chi connectivity index (χ1n) is 7.50. The molecule has 0 unspecified atom stereocenters. The maximum Gasteiger partial charge on any atom is 0.0646 e. The third-order valence-corrected chi connectivity index (χ3v) is 4.37. The summed E-state index contributed by atoms with van der Waals surface area (Å²) in [6.45, 7) is 4.01. The highest BCUT2D eigenvalue weighted by atomic mass is 35.5. The number of hydrogen-bond acceptors (Lipinski definition) is 2. The minimum atomic E-state index is 0.827. The van der Waals surface area contributed by atoms with Gasteiger partial charge >= 0.3 is 0 Å². The second kappa shape index (κ2) is 6.08. The van der Waals surface area contributed by atoms with Crippen LogP contribution in [0.25, 0.3) is 0 Å². The Labute approximate surface area is 131 Å². The molecule has 0 aromatic heterocycles. The minimum absolute atomic E-state index is 0.827. The van der Waals surface area contributed by atoms with Gasteiger partial charge in [0.25, 0.3) is 0 Å². The van der Waals surface area contributed by atoms with E-state index in [-0.39, 0.29) is 0 Å². The van der Waals surface area contributed by atoms with Crippen LogP contribution in [0, 0.1) is 6.92 Å². The summed E-state index contributed by atoms with van der Waals surface area (Å²) >= 11 is 6.53. The Morgan fingerprint density at radius 1 is 1.24 bits per heavy atom. The van der Waals surface area contributed by atoms with E-state index in [1.807, 2.05) is 19.2 Å². The van der Waals surface area contributed by atoms with Gasteiger partial charge in [-0.1, -0.05) is 41.4 Å². The number of halogens is 1. The Morgan fingerprint density at radius 3 is 2.90 bits per heavy atom. The molecule has 3 rings (SSSR count). The fourth-order valence-electron chi connectivity index (χ4n) is 3.15. The molecule has 2 aromatic rings. The van der Waals surface area contributed by atoms with Gasteiger partial charge in [0.05, 0.1) is 10.7 Å². The van der Waals surface area contributed by atoms with E-state index < -0.39 is 0 Å². The van der Waals surface area contributed by atoms with Crippen LogP contribution in [0.15, 0.2) is 36.4 Å². The van der Waals surface area contributed by atoms with Crippen LogP contribution < -0.4 is 10.2 Å². The van der Waals surface area contributed by atoms with Gasteiger partial charge in [-0.2, -0.15) is 0 Å². The summed E-state index contributed by atoms with van der Waals surface area (Å²) < 4.78 is 0. The summed E-state index contributed by atoms with van der Waals surface area (Å²) in [7, 11) is 1.97. The lowest BCUT2D eigenvalue weighted by atomic mass is 9.98. The molecular weight excluding hydrogens is 280 g/mol. The molecule has 0 bridgehead atoms. The van der Waals surface area contributed by atoms with Crippen molar-refractivity contribution in [2.24, 2.45) is 0 Å². The number of para-hydroxylation sites is 1. The predicted molar refractivity (Wildman–Crippen MR) is 90.7 cm³/mol. The number of nitrogens with zero attached hydrogens (tertiary/aromatic N) is 1. The van der Waals surface area contributed by atoms with Gasteiger partial charge in [-0.25, -0.2) is 0 Å². The molecule has 3 heteroatoms. The maximum atomic E-state index is 6.53. The molecule has 0 aliphatic carbocycles. The third-order valence-electron chi connectivity index (χ3n) is 4.06. The van der Waals surface area contributed by atoms with Gasteiger partial charge in [0, 0.05) is 18.8 Å². The Bertz CT molecular complexity index is 652. The smallest absolute Gasteiger partial charge is 0.0646 e. The molecule has 0 amide bonds. The number of anilines is 2. The zero-order chi connectivity index (χ0) is 14.8. The van der Waals surface area contributed by atoms with Crippen molar-refractivity contribution in [3.05, 3.63) is 58.1 Å². The van der Waals surface area contributed by atoms with Crippen LogP contribution in [0.1, 0.15) is 23.1 Å². The Balaban J connectivity index is 2.11. The van der Waals surface area contributed by atoms with E-state index in [1.54, 1.807) is 0 Å². The van der Waals surface area contributed by atoms with E-state index in [0.29, 0.717) is 0 Å². The van der Waals surface area contributed by atoms with Crippen molar-refractivity contribution in [3.63, 3.8) is 0 Å². The second-order valence-electron chi connectivity index (χ2n) is 5.67. The van der Waals surface area contributed by atoms with Crippen molar-refractivity contribution >= 4 is 23.0 Å². The van der Waals surface area contributed by atoms with E-state index in [1.165, 1.54) is 28.8 Å². The van der Waals surface area contributed by atoms with E-state index in [9.17, 15) is 0 Å². The summed E-state index contributed by atoms with van der Waals surface area (Å²) in [4.78, 5) is 2.38. The minimum Gasteiger partial charge on any atom is -0.340 e. The molecule has 0 fully saturated rings. The summed E-state index contributed by atoms with van der Waals surface area (Å²) in [5.74, 6) is 0. The monoisotopic (exact) mass is 300 g/mol. The molecule has 2 aromatic carbocycles. The molecule has 1 heterocycles. The summed E-state index contributed by atoms with van der Waals surface area (Å²) in [6, 6.07) is 12.9. The fourth-order valence-corrected chi connectivity index (χ4v) is 3.45. The Morgan fingerprint density at radius 2 is 2.10 bits per heavy atom. The number of hydrogen-bond donors (Lipinski definition) is 1. The lowest BCUT2D eigenvalue weighted by Gasteiger charge is -2.33. The van der Waals surface area contributed by atoms with Gasteiger partial charge in [0.15, 0.2) is 0 Å². The maximum absolute atomic E-state index is 6.53. The normalized spacial score (nSPS) is 14.1. The summed E-state index contributed by atoms with van der Waals surface area (Å²) in [5.41, 5.74) is 6.45. The fraction of sp³-hybridized carbons (Fsp3) is 0.333. The van der Waals surface area contributed by atoms with E-state index in [0.717, 1.165) is 30.2 Å². The van der Waals surface area contributed by atoms with Crippen molar-refractivity contribution in [2.75, 3.05) is 18.5 Å². The van der Waals surface area contributed by atoms with Crippen LogP contribution in [0.3, 0.4) is 0 Å². The number of rotatable bonds is 3. The van der Waals surface area contributed by atoms with Gasteiger partial charge in [-0.3, -0.25) is 0 Å². The zero-order valence-electron chi connectivity index (χ0n) is 12.6. The molecule has 0 spiro atoms. The predicted octanol–water partition coefficient (Wildman–Crippen LogP) is 4.45. The first-order chi connectivity index (χ1) is 10.2. The van der Waals surface area contributed by atoms with Crippen molar-refractivity contribution < 1.29 is 0 Å². The topological polar surface area (TPSA) is 15.3 Å². The molecule has 0 saturated heterocycles. The van der Waals surface area contributed by atoms with Crippen molar-refractivity contribution in [2.45, 2.75) is 26.3 Å². The summed E-state index contributed by atoms with van der Waals surface area (Å²) in [5, 5.41) is 4.07.